The highest BCUT2D eigenvalue weighted by Crippen LogP contribution is 2.32. The van der Waals surface area contributed by atoms with Gasteiger partial charge in [-0.2, -0.15) is 0 Å². The Labute approximate surface area is 115 Å². The van der Waals surface area contributed by atoms with Crippen molar-refractivity contribution in [2.45, 2.75) is 18.7 Å². The zero-order valence-corrected chi connectivity index (χ0v) is 12.5. The summed E-state index contributed by atoms with van der Waals surface area (Å²) in [6.07, 6.45) is 3.00. The Bertz CT molecular complexity index is 437. The van der Waals surface area contributed by atoms with Gasteiger partial charge in [-0.05, 0) is 41.9 Å². The van der Waals surface area contributed by atoms with Gasteiger partial charge in [-0.3, -0.25) is 4.79 Å². The summed E-state index contributed by atoms with van der Waals surface area (Å²) in [5, 5.41) is 0. The summed E-state index contributed by atoms with van der Waals surface area (Å²) in [7, 11) is 1.62. The van der Waals surface area contributed by atoms with Crippen LogP contribution in [0.3, 0.4) is 0 Å². The number of rotatable bonds is 5. The number of hydrogen-bond donors (Lipinski definition) is 0. The molecule has 0 aliphatic carbocycles. The third-order valence-electron chi connectivity index (χ3n) is 2.15. The maximum Gasteiger partial charge on any atom is 0.152 e. The Balaban J connectivity index is 2.99. The summed E-state index contributed by atoms with van der Waals surface area (Å²) in [5.74, 6) is 1.60. The minimum Gasteiger partial charge on any atom is -0.497 e. The van der Waals surface area contributed by atoms with Gasteiger partial charge in [0, 0.05) is 20.7 Å². The molecule has 0 heterocycles. The maximum absolute atomic E-state index is 11.0. The normalized spacial score (nSPS) is 9.88. The van der Waals surface area contributed by atoms with Gasteiger partial charge in [-0.25, -0.2) is 0 Å². The molecule has 0 aromatic heterocycles. The number of ether oxygens (including phenoxy) is 1. The first-order valence-electron chi connectivity index (χ1n) is 5.17. The molecule has 0 radical (unpaired) electrons. The monoisotopic (exact) mass is 314 g/mol. The van der Waals surface area contributed by atoms with E-state index in [1.165, 1.54) is 5.57 Å². The number of aldehydes is 1. The van der Waals surface area contributed by atoms with Crippen LogP contribution in [-0.2, 0) is 0 Å². The highest BCUT2D eigenvalue weighted by Gasteiger charge is 2.09. The third-order valence-corrected chi connectivity index (χ3v) is 3.79. The van der Waals surface area contributed by atoms with E-state index in [1.807, 2.05) is 6.07 Å². The van der Waals surface area contributed by atoms with E-state index in [9.17, 15) is 4.79 Å². The van der Waals surface area contributed by atoms with Gasteiger partial charge in [0.2, 0.25) is 0 Å². The number of methoxy groups -OCH3 is 1. The molecule has 0 fully saturated rings. The molecule has 0 atom stereocenters. The molecule has 0 saturated carbocycles. The molecule has 1 aromatic carbocycles. The summed E-state index contributed by atoms with van der Waals surface area (Å²) in [6.45, 7) is 4.12. The van der Waals surface area contributed by atoms with Gasteiger partial charge in [0.1, 0.15) is 5.75 Å². The van der Waals surface area contributed by atoms with E-state index in [0.29, 0.717) is 5.56 Å². The Morgan fingerprint density at radius 3 is 2.71 bits per heavy atom. The van der Waals surface area contributed by atoms with E-state index in [0.717, 1.165) is 27.2 Å². The molecule has 2 nitrogen and oxygen atoms in total. The molecule has 0 aliphatic rings. The van der Waals surface area contributed by atoms with Gasteiger partial charge < -0.3 is 4.74 Å². The van der Waals surface area contributed by atoms with Crippen molar-refractivity contribution in [2.75, 3.05) is 12.9 Å². The van der Waals surface area contributed by atoms with Crippen LogP contribution in [0.2, 0.25) is 0 Å². The second kappa shape index (κ2) is 6.87. The van der Waals surface area contributed by atoms with Crippen molar-refractivity contribution in [1.29, 1.82) is 0 Å². The molecule has 0 aliphatic heterocycles. The number of carbonyl (C=O) groups is 1. The summed E-state index contributed by atoms with van der Waals surface area (Å²) < 4.78 is 5.96. The quantitative estimate of drug-likeness (QED) is 0.460. The second-order valence-electron chi connectivity index (χ2n) is 3.73. The van der Waals surface area contributed by atoms with Crippen LogP contribution in [0.5, 0.6) is 5.75 Å². The largest absolute Gasteiger partial charge is 0.497 e. The lowest BCUT2D eigenvalue weighted by Gasteiger charge is -2.08. The average Bonchev–Trinajstić information content (AvgIpc) is 2.28. The van der Waals surface area contributed by atoms with Crippen molar-refractivity contribution in [3.63, 3.8) is 0 Å². The van der Waals surface area contributed by atoms with E-state index in [2.05, 4.69) is 35.9 Å². The predicted molar refractivity (Wildman–Crippen MR) is 76.2 cm³/mol. The van der Waals surface area contributed by atoms with Gasteiger partial charge in [0.15, 0.2) is 6.29 Å². The van der Waals surface area contributed by atoms with Crippen LogP contribution in [0.1, 0.15) is 24.2 Å². The van der Waals surface area contributed by atoms with Crippen molar-refractivity contribution in [2.24, 2.45) is 0 Å². The van der Waals surface area contributed by atoms with Crippen LogP contribution < -0.4 is 4.74 Å². The number of hydrogen-bond acceptors (Lipinski definition) is 3. The zero-order valence-electron chi connectivity index (χ0n) is 10.1. The topological polar surface area (TPSA) is 26.3 Å². The molecular formula is C13H15BrO2S. The minimum atomic E-state index is 0.679. The lowest BCUT2D eigenvalue weighted by molar-refractivity contribution is 0.112. The van der Waals surface area contributed by atoms with Crippen molar-refractivity contribution >= 4 is 34.0 Å². The summed E-state index contributed by atoms with van der Waals surface area (Å²) in [6, 6.07) is 3.69. The van der Waals surface area contributed by atoms with Crippen molar-refractivity contribution in [3.8, 4) is 5.75 Å². The molecule has 0 saturated heterocycles. The fourth-order valence-corrected chi connectivity index (χ4v) is 2.99. The molecule has 17 heavy (non-hydrogen) atoms. The number of carbonyl (C=O) groups excluding carboxylic acids is 1. The highest BCUT2D eigenvalue weighted by atomic mass is 79.9. The lowest BCUT2D eigenvalue weighted by atomic mass is 10.2. The van der Waals surface area contributed by atoms with Crippen LogP contribution in [0, 0.1) is 0 Å². The number of allylic oxidation sites excluding steroid dienone is 1. The summed E-state index contributed by atoms with van der Waals surface area (Å²) >= 11 is 5.01. The van der Waals surface area contributed by atoms with Gasteiger partial charge in [0.05, 0.1) is 7.11 Å². The number of thioether (sulfide) groups is 1. The Hall–Kier alpha value is -0.740. The molecule has 1 rings (SSSR count). The van der Waals surface area contributed by atoms with Crippen molar-refractivity contribution < 1.29 is 9.53 Å². The Morgan fingerprint density at radius 2 is 2.18 bits per heavy atom. The fraction of sp³-hybridized carbons (Fsp3) is 0.308. The molecule has 1 aromatic rings. The van der Waals surface area contributed by atoms with Crippen LogP contribution in [-0.4, -0.2) is 19.1 Å². The highest BCUT2D eigenvalue weighted by molar-refractivity contribution is 9.10. The fourth-order valence-electron chi connectivity index (χ4n) is 1.22. The van der Waals surface area contributed by atoms with Gasteiger partial charge in [-0.1, -0.05) is 11.6 Å². The minimum absolute atomic E-state index is 0.679. The predicted octanol–water partition coefficient (Wildman–Crippen LogP) is 4.33. The molecule has 0 N–H and O–H groups in total. The molecule has 0 unspecified atom stereocenters. The van der Waals surface area contributed by atoms with E-state index < -0.39 is 0 Å². The number of benzene rings is 1. The summed E-state index contributed by atoms with van der Waals surface area (Å²) in [5.41, 5.74) is 1.95. The van der Waals surface area contributed by atoms with Crippen molar-refractivity contribution in [1.82, 2.24) is 0 Å². The van der Waals surface area contributed by atoms with E-state index in [1.54, 1.807) is 24.9 Å². The van der Waals surface area contributed by atoms with Crippen LogP contribution in [0.15, 0.2) is 33.2 Å². The third kappa shape index (κ3) is 4.21. The smallest absolute Gasteiger partial charge is 0.152 e. The molecule has 0 bridgehead atoms. The molecule has 0 amide bonds. The summed E-state index contributed by atoms with van der Waals surface area (Å²) in [4.78, 5) is 12.0. The van der Waals surface area contributed by atoms with Gasteiger partial charge >= 0.3 is 0 Å². The Morgan fingerprint density at radius 1 is 1.47 bits per heavy atom. The lowest BCUT2D eigenvalue weighted by Crippen LogP contribution is -1.91. The average molecular weight is 315 g/mol. The molecule has 0 spiro atoms. The first kappa shape index (κ1) is 14.3. The molecule has 4 heteroatoms. The first-order chi connectivity index (χ1) is 8.08. The zero-order chi connectivity index (χ0) is 12.8. The van der Waals surface area contributed by atoms with E-state index >= 15 is 0 Å². The van der Waals surface area contributed by atoms with E-state index in [-0.39, 0.29) is 0 Å². The second-order valence-corrected chi connectivity index (χ2v) is 5.65. The van der Waals surface area contributed by atoms with Crippen LogP contribution in [0.4, 0.5) is 0 Å². The van der Waals surface area contributed by atoms with Crippen LogP contribution >= 0.6 is 27.7 Å². The van der Waals surface area contributed by atoms with Gasteiger partial charge in [-0.15, -0.1) is 11.8 Å². The standard InChI is InChI=1S/C13H15BrO2S/c1-9(2)4-5-17-13-7-10(16-3)6-12(14)11(13)8-15/h4,6-8H,5H2,1-3H3. The Kier molecular flexibility index (Phi) is 5.78. The van der Waals surface area contributed by atoms with Crippen molar-refractivity contribution in [3.05, 3.63) is 33.8 Å². The number of halogens is 1. The van der Waals surface area contributed by atoms with Crippen LogP contribution in [0.25, 0.3) is 0 Å². The SMILES string of the molecule is COc1cc(Br)c(C=O)c(SCC=C(C)C)c1. The van der Waals surface area contributed by atoms with Gasteiger partial charge in [0.25, 0.3) is 0 Å². The maximum atomic E-state index is 11.0. The van der Waals surface area contributed by atoms with E-state index in [4.69, 9.17) is 4.74 Å². The first-order valence-corrected chi connectivity index (χ1v) is 6.95. The molecule has 92 valence electrons. The molecular weight excluding hydrogens is 300 g/mol.